The van der Waals surface area contributed by atoms with Gasteiger partial charge in [0.15, 0.2) is 11.5 Å². The Labute approximate surface area is 185 Å². The zero-order valence-corrected chi connectivity index (χ0v) is 18.3. The summed E-state index contributed by atoms with van der Waals surface area (Å²) in [6, 6.07) is 11.7. The third kappa shape index (κ3) is 3.65. The number of benzene rings is 2. The highest BCUT2D eigenvalue weighted by Gasteiger charge is 2.33. The van der Waals surface area contributed by atoms with Crippen molar-refractivity contribution in [3.05, 3.63) is 42.5 Å². The Bertz CT molecular complexity index is 1230. The molecule has 9 nitrogen and oxygen atoms in total. The lowest BCUT2D eigenvalue weighted by atomic mass is 10.2. The second-order valence-corrected chi connectivity index (χ2v) is 9.10. The van der Waals surface area contributed by atoms with Crippen LogP contribution in [-0.4, -0.2) is 60.0 Å². The number of aromatic nitrogens is 1. The van der Waals surface area contributed by atoms with Crippen LogP contribution in [0.2, 0.25) is 0 Å². The van der Waals surface area contributed by atoms with Crippen LogP contribution in [0.4, 0.5) is 5.88 Å². The Balaban J connectivity index is 1.64. The Morgan fingerprint density at radius 2 is 1.72 bits per heavy atom. The van der Waals surface area contributed by atoms with Gasteiger partial charge >= 0.3 is 0 Å². The molecule has 1 saturated heterocycles. The molecule has 0 aliphatic carbocycles. The molecule has 0 atom stereocenters. The fourth-order valence-corrected chi connectivity index (χ4v) is 5.01. The summed E-state index contributed by atoms with van der Waals surface area (Å²) in [4.78, 5) is 6.32. The number of morpholine rings is 1. The first-order valence-corrected chi connectivity index (χ1v) is 11.7. The third-order valence-electron chi connectivity index (χ3n) is 5.29. The van der Waals surface area contributed by atoms with Gasteiger partial charge in [0.2, 0.25) is 26.6 Å². The predicted octanol–water partition coefficient (Wildman–Crippen LogP) is 2.79. The SMILES string of the molecule is COc1ccccc1-c1nc(S(=O)(=O)c2ccc3c(c2)OCCO3)c(N2CCOCC2)o1. The van der Waals surface area contributed by atoms with Gasteiger partial charge in [-0.2, -0.15) is 4.98 Å². The van der Waals surface area contributed by atoms with E-state index in [0.717, 1.165) is 0 Å². The number of hydrogen-bond acceptors (Lipinski definition) is 9. The van der Waals surface area contributed by atoms with Gasteiger partial charge in [0, 0.05) is 19.2 Å². The first-order chi connectivity index (χ1) is 15.6. The third-order valence-corrected chi connectivity index (χ3v) is 6.94. The summed E-state index contributed by atoms with van der Waals surface area (Å²) in [5.74, 6) is 1.78. The number of para-hydroxylation sites is 1. The minimum Gasteiger partial charge on any atom is -0.496 e. The van der Waals surface area contributed by atoms with Crippen LogP contribution >= 0.6 is 0 Å². The van der Waals surface area contributed by atoms with Gasteiger partial charge in [-0.3, -0.25) is 0 Å². The molecule has 10 heteroatoms. The van der Waals surface area contributed by atoms with Crippen molar-refractivity contribution in [2.45, 2.75) is 9.92 Å². The normalized spacial score (nSPS) is 16.1. The molecule has 0 radical (unpaired) electrons. The van der Waals surface area contributed by atoms with Gasteiger partial charge in [0.05, 0.1) is 30.8 Å². The Morgan fingerprint density at radius 3 is 2.50 bits per heavy atom. The number of methoxy groups -OCH3 is 1. The van der Waals surface area contributed by atoms with Gasteiger partial charge < -0.3 is 28.3 Å². The van der Waals surface area contributed by atoms with E-state index in [-0.39, 0.29) is 21.7 Å². The smallest absolute Gasteiger partial charge is 0.236 e. The van der Waals surface area contributed by atoms with Crippen LogP contribution in [0.3, 0.4) is 0 Å². The van der Waals surface area contributed by atoms with Crippen molar-refractivity contribution < 1.29 is 31.8 Å². The van der Waals surface area contributed by atoms with Crippen molar-refractivity contribution in [1.29, 1.82) is 0 Å². The maximum absolute atomic E-state index is 13.7. The molecule has 0 bridgehead atoms. The number of sulfone groups is 1. The van der Waals surface area contributed by atoms with Gasteiger partial charge in [-0.05, 0) is 24.3 Å². The number of rotatable bonds is 5. The number of anilines is 1. The van der Waals surface area contributed by atoms with E-state index in [1.807, 2.05) is 17.0 Å². The minimum absolute atomic E-state index is 0.0520. The second kappa shape index (κ2) is 8.36. The molecule has 2 aromatic carbocycles. The van der Waals surface area contributed by atoms with Crippen LogP contribution in [0.5, 0.6) is 17.2 Å². The van der Waals surface area contributed by atoms with Gasteiger partial charge in [-0.15, -0.1) is 0 Å². The summed E-state index contributed by atoms with van der Waals surface area (Å²) in [5, 5.41) is -0.156. The van der Waals surface area contributed by atoms with Crippen LogP contribution in [-0.2, 0) is 14.6 Å². The Morgan fingerprint density at radius 1 is 0.969 bits per heavy atom. The molecule has 2 aliphatic heterocycles. The summed E-state index contributed by atoms with van der Waals surface area (Å²) in [7, 11) is -2.48. The van der Waals surface area contributed by atoms with E-state index in [9.17, 15) is 8.42 Å². The predicted molar refractivity (Wildman–Crippen MR) is 114 cm³/mol. The Hall–Kier alpha value is -3.24. The van der Waals surface area contributed by atoms with Crippen LogP contribution < -0.4 is 19.1 Å². The van der Waals surface area contributed by atoms with Crippen LogP contribution in [0.25, 0.3) is 11.5 Å². The van der Waals surface area contributed by atoms with E-state index in [2.05, 4.69) is 4.98 Å². The average molecular weight is 458 g/mol. The molecule has 32 heavy (non-hydrogen) atoms. The maximum Gasteiger partial charge on any atom is 0.236 e. The average Bonchev–Trinajstić information content (AvgIpc) is 3.30. The molecule has 3 heterocycles. The monoisotopic (exact) mass is 458 g/mol. The fraction of sp³-hybridized carbons (Fsp3) is 0.318. The second-order valence-electron chi connectivity index (χ2n) is 7.24. The molecular weight excluding hydrogens is 436 g/mol. The number of nitrogens with zero attached hydrogens (tertiary/aromatic N) is 2. The molecule has 1 fully saturated rings. The van der Waals surface area contributed by atoms with Crippen LogP contribution in [0, 0.1) is 0 Å². The fourth-order valence-electron chi connectivity index (χ4n) is 3.68. The van der Waals surface area contributed by atoms with Crippen molar-refractivity contribution >= 4 is 15.7 Å². The summed E-state index contributed by atoms with van der Waals surface area (Å²) >= 11 is 0. The van der Waals surface area contributed by atoms with Gasteiger partial charge in [0.1, 0.15) is 19.0 Å². The van der Waals surface area contributed by atoms with E-state index in [0.29, 0.717) is 62.3 Å². The number of oxazole rings is 1. The first kappa shape index (κ1) is 20.7. The molecule has 1 aromatic heterocycles. The van der Waals surface area contributed by atoms with E-state index in [4.69, 9.17) is 23.4 Å². The molecule has 3 aromatic rings. The van der Waals surface area contributed by atoms with Crippen molar-refractivity contribution in [3.8, 4) is 28.7 Å². The molecule has 0 N–H and O–H groups in total. The topological polar surface area (TPSA) is 100 Å². The van der Waals surface area contributed by atoms with Gasteiger partial charge in [0.25, 0.3) is 0 Å². The first-order valence-electron chi connectivity index (χ1n) is 10.2. The summed E-state index contributed by atoms with van der Waals surface area (Å²) in [6.07, 6.45) is 0. The summed E-state index contributed by atoms with van der Waals surface area (Å²) in [6.45, 7) is 2.69. The molecule has 0 amide bonds. The zero-order chi connectivity index (χ0) is 22.1. The molecule has 168 valence electrons. The lowest BCUT2D eigenvalue weighted by Gasteiger charge is -2.26. The van der Waals surface area contributed by atoms with Crippen molar-refractivity contribution in [1.82, 2.24) is 4.98 Å². The number of ether oxygens (including phenoxy) is 4. The highest BCUT2D eigenvalue weighted by atomic mass is 32.2. The molecule has 0 unspecified atom stereocenters. The maximum atomic E-state index is 13.7. The molecule has 0 saturated carbocycles. The van der Waals surface area contributed by atoms with Crippen molar-refractivity contribution in [2.24, 2.45) is 0 Å². The zero-order valence-electron chi connectivity index (χ0n) is 17.4. The number of fused-ring (bicyclic) bond motifs is 1. The summed E-state index contributed by atoms with van der Waals surface area (Å²) in [5.41, 5.74) is 0.563. The van der Waals surface area contributed by atoms with Crippen LogP contribution in [0.15, 0.2) is 56.8 Å². The van der Waals surface area contributed by atoms with Gasteiger partial charge in [-0.1, -0.05) is 12.1 Å². The molecular formula is C22H22N2O7S. The van der Waals surface area contributed by atoms with Crippen molar-refractivity contribution in [3.63, 3.8) is 0 Å². The Kier molecular flexibility index (Phi) is 5.40. The van der Waals surface area contributed by atoms with E-state index < -0.39 is 9.84 Å². The van der Waals surface area contributed by atoms with E-state index in [1.54, 1.807) is 18.2 Å². The highest BCUT2D eigenvalue weighted by molar-refractivity contribution is 7.91. The van der Waals surface area contributed by atoms with Crippen LogP contribution in [0.1, 0.15) is 0 Å². The lowest BCUT2D eigenvalue weighted by Crippen LogP contribution is -2.36. The van der Waals surface area contributed by atoms with E-state index >= 15 is 0 Å². The van der Waals surface area contributed by atoms with Gasteiger partial charge in [-0.25, -0.2) is 8.42 Å². The molecule has 0 spiro atoms. The molecule has 2 aliphatic rings. The molecule has 5 rings (SSSR count). The standard InChI is InChI=1S/C22H22N2O7S/c1-27-17-5-3-2-4-16(17)20-23-21(22(31-20)24-8-10-28-11-9-24)32(25,26)15-6-7-18-19(14-15)30-13-12-29-18/h2-7,14H,8-13H2,1H3. The largest absolute Gasteiger partial charge is 0.496 e. The highest BCUT2D eigenvalue weighted by Crippen LogP contribution is 2.40. The van der Waals surface area contributed by atoms with Crippen molar-refractivity contribution in [2.75, 3.05) is 51.5 Å². The summed E-state index contributed by atoms with van der Waals surface area (Å²) < 4.78 is 55.3. The number of hydrogen-bond donors (Lipinski definition) is 0. The minimum atomic E-state index is -4.02. The quantitative estimate of drug-likeness (QED) is 0.571. The lowest BCUT2D eigenvalue weighted by molar-refractivity contribution is 0.120. The van der Waals surface area contributed by atoms with E-state index in [1.165, 1.54) is 19.2 Å².